The number of rotatable bonds is 2. The van der Waals surface area contributed by atoms with Crippen molar-refractivity contribution in [2.45, 2.75) is 6.92 Å². The molecule has 0 unspecified atom stereocenters. The second-order valence-electron chi connectivity index (χ2n) is 4.19. The van der Waals surface area contributed by atoms with Gasteiger partial charge in [-0.15, -0.1) is 0 Å². The van der Waals surface area contributed by atoms with Gasteiger partial charge in [0.1, 0.15) is 17.7 Å². The Hall–Kier alpha value is -2.56. The molecule has 0 radical (unpaired) electrons. The summed E-state index contributed by atoms with van der Waals surface area (Å²) in [7, 11) is 0. The Morgan fingerprint density at radius 2 is 1.95 bits per heavy atom. The monoisotopic (exact) mass is 251 g/mol. The molecule has 19 heavy (non-hydrogen) atoms. The van der Waals surface area contributed by atoms with Crippen molar-refractivity contribution >= 4 is 11.3 Å². The van der Waals surface area contributed by atoms with Crippen molar-refractivity contribution in [2.24, 2.45) is 0 Å². The molecule has 0 saturated heterocycles. The van der Waals surface area contributed by atoms with Crippen molar-refractivity contribution in [1.29, 1.82) is 10.5 Å². The first kappa shape index (κ1) is 12.9. The molecule has 0 spiro atoms. The highest BCUT2D eigenvalue weighted by Gasteiger charge is 2.21. The number of benzene rings is 1. The van der Waals surface area contributed by atoms with Gasteiger partial charge in [0.15, 0.2) is 0 Å². The molecule has 0 fully saturated rings. The van der Waals surface area contributed by atoms with Crippen LogP contribution in [0.5, 0.6) is 0 Å². The van der Waals surface area contributed by atoms with Gasteiger partial charge in [0, 0.05) is 29.1 Å². The standard InChI is InChI=1S/C15H13N3O/c1-11-8-14(12(9-16)10-17)13-4-2-3-5-15(13)18(11)6-7-19/h2-5,8,19H,6-7H2,1H3. The summed E-state index contributed by atoms with van der Waals surface area (Å²) in [4.78, 5) is 1.98. The zero-order chi connectivity index (χ0) is 13.8. The molecule has 0 saturated carbocycles. The molecule has 0 aliphatic carbocycles. The van der Waals surface area contributed by atoms with E-state index < -0.39 is 0 Å². The topological polar surface area (TPSA) is 71.0 Å². The Bertz CT molecular complexity index is 628. The van der Waals surface area contributed by atoms with Crippen LogP contribution in [0.25, 0.3) is 5.57 Å². The summed E-state index contributed by atoms with van der Waals surface area (Å²) in [6.45, 7) is 2.43. The van der Waals surface area contributed by atoms with Gasteiger partial charge in [0.25, 0.3) is 0 Å². The zero-order valence-corrected chi connectivity index (χ0v) is 10.6. The second kappa shape index (κ2) is 5.39. The van der Waals surface area contributed by atoms with Crippen LogP contribution in [0.3, 0.4) is 0 Å². The largest absolute Gasteiger partial charge is 0.395 e. The summed E-state index contributed by atoms with van der Waals surface area (Å²) >= 11 is 0. The number of aliphatic hydroxyl groups excluding tert-OH is 1. The van der Waals surface area contributed by atoms with E-state index in [1.54, 1.807) is 0 Å². The third kappa shape index (κ3) is 2.22. The van der Waals surface area contributed by atoms with Crippen LogP contribution < -0.4 is 4.90 Å². The number of anilines is 1. The maximum atomic E-state index is 9.14. The maximum absolute atomic E-state index is 9.14. The van der Waals surface area contributed by atoms with Gasteiger partial charge in [-0.3, -0.25) is 0 Å². The van der Waals surface area contributed by atoms with Crippen LogP contribution in [0.15, 0.2) is 41.6 Å². The lowest BCUT2D eigenvalue weighted by molar-refractivity contribution is 0.304. The number of hydrogen-bond donors (Lipinski definition) is 1. The summed E-state index contributed by atoms with van der Waals surface area (Å²) < 4.78 is 0. The first-order chi connectivity index (χ1) is 9.22. The number of aliphatic hydroxyl groups is 1. The van der Waals surface area contributed by atoms with Crippen LogP contribution in [0.1, 0.15) is 12.5 Å². The average molecular weight is 251 g/mol. The van der Waals surface area contributed by atoms with E-state index >= 15 is 0 Å². The predicted molar refractivity (Wildman–Crippen MR) is 72.8 cm³/mol. The van der Waals surface area contributed by atoms with Crippen molar-refractivity contribution in [3.8, 4) is 12.1 Å². The van der Waals surface area contributed by atoms with Crippen LogP contribution in [0.2, 0.25) is 0 Å². The van der Waals surface area contributed by atoms with E-state index in [-0.39, 0.29) is 12.2 Å². The van der Waals surface area contributed by atoms with Crippen molar-refractivity contribution in [1.82, 2.24) is 0 Å². The van der Waals surface area contributed by atoms with E-state index in [1.807, 2.05) is 54.3 Å². The van der Waals surface area contributed by atoms with Crippen LogP contribution in [0.4, 0.5) is 5.69 Å². The summed E-state index contributed by atoms with van der Waals surface area (Å²) in [5, 5.41) is 27.2. The highest BCUT2D eigenvalue weighted by Crippen LogP contribution is 2.36. The summed E-state index contributed by atoms with van der Waals surface area (Å²) in [6.07, 6.45) is 1.82. The summed E-state index contributed by atoms with van der Waals surface area (Å²) in [6, 6.07) is 11.5. The fourth-order valence-corrected chi connectivity index (χ4v) is 2.24. The molecule has 4 heteroatoms. The number of hydrogen-bond acceptors (Lipinski definition) is 4. The molecule has 1 aliphatic rings. The Labute approximate surface area is 112 Å². The smallest absolute Gasteiger partial charge is 0.137 e. The molecule has 1 aromatic carbocycles. The van der Waals surface area contributed by atoms with Crippen LogP contribution in [-0.4, -0.2) is 18.3 Å². The third-order valence-corrected chi connectivity index (χ3v) is 3.08. The zero-order valence-electron chi connectivity index (χ0n) is 10.6. The minimum Gasteiger partial charge on any atom is -0.395 e. The summed E-state index contributed by atoms with van der Waals surface area (Å²) in [5.41, 5.74) is 3.42. The Morgan fingerprint density at radius 3 is 2.58 bits per heavy atom. The lowest BCUT2D eigenvalue weighted by Crippen LogP contribution is -2.27. The molecule has 0 amide bonds. The van der Waals surface area contributed by atoms with Crippen LogP contribution in [0, 0.1) is 22.7 Å². The third-order valence-electron chi connectivity index (χ3n) is 3.08. The van der Waals surface area contributed by atoms with E-state index in [0.717, 1.165) is 16.9 Å². The van der Waals surface area contributed by atoms with E-state index in [2.05, 4.69) is 0 Å². The van der Waals surface area contributed by atoms with Crippen molar-refractivity contribution in [3.63, 3.8) is 0 Å². The van der Waals surface area contributed by atoms with Gasteiger partial charge >= 0.3 is 0 Å². The molecule has 0 bridgehead atoms. The normalized spacial score (nSPS) is 13.2. The van der Waals surface area contributed by atoms with Gasteiger partial charge in [0.2, 0.25) is 0 Å². The van der Waals surface area contributed by atoms with Crippen LogP contribution in [-0.2, 0) is 0 Å². The lowest BCUT2D eigenvalue weighted by Gasteiger charge is -2.31. The highest BCUT2D eigenvalue weighted by molar-refractivity contribution is 5.91. The molecule has 1 N–H and O–H groups in total. The lowest BCUT2D eigenvalue weighted by atomic mass is 9.94. The first-order valence-corrected chi connectivity index (χ1v) is 5.93. The SMILES string of the molecule is CC1=CC(=C(C#N)C#N)c2ccccc2N1CCO. The van der Waals surface area contributed by atoms with E-state index in [0.29, 0.717) is 12.1 Å². The number of fused-ring (bicyclic) bond motifs is 1. The van der Waals surface area contributed by atoms with Gasteiger partial charge in [-0.25, -0.2) is 0 Å². The minimum atomic E-state index is 0.0436. The van der Waals surface area contributed by atoms with Gasteiger partial charge in [-0.2, -0.15) is 10.5 Å². The number of β-amino-alcohol motifs (C(OH)–C–C–N with tert-alkyl or cyclic N) is 1. The fraction of sp³-hybridized carbons (Fsp3) is 0.200. The molecule has 1 heterocycles. The number of allylic oxidation sites excluding steroid dienone is 4. The predicted octanol–water partition coefficient (Wildman–Crippen LogP) is 2.20. The van der Waals surface area contributed by atoms with Crippen LogP contribution >= 0.6 is 0 Å². The average Bonchev–Trinajstić information content (AvgIpc) is 2.44. The molecule has 0 atom stereocenters. The number of nitrogens with zero attached hydrogens (tertiary/aromatic N) is 3. The Balaban J connectivity index is 2.68. The molecule has 0 aromatic heterocycles. The van der Waals surface area contributed by atoms with Gasteiger partial charge in [0.05, 0.1) is 6.61 Å². The molecular formula is C15H13N3O. The molecular weight excluding hydrogens is 238 g/mol. The van der Waals surface area contributed by atoms with E-state index in [4.69, 9.17) is 15.6 Å². The summed E-state index contributed by atoms with van der Waals surface area (Å²) in [5.74, 6) is 0. The maximum Gasteiger partial charge on any atom is 0.137 e. The molecule has 2 rings (SSSR count). The van der Waals surface area contributed by atoms with Crippen molar-refractivity contribution in [3.05, 3.63) is 47.2 Å². The number of nitriles is 2. The van der Waals surface area contributed by atoms with Gasteiger partial charge < -0.3 is 10.0 Å². The Kier molecular flexibility index (Phi) is 3.66. The second-order valence-corrected chi connectivity index (χ2v) is 4.19. The van der Waals surface area contributed by atoms with Crippen molar-refractivity contribution in [2.75, 3.05) is 18.1 Å². The highest BCUT2D eigenvalue weighted by atomic mass is 16.3. The van der Waals surface area contributed by atoms with Crippen molar-refractivity contribution < 1.29 is 5.11 Å². The molecule has 94 valence electrons. The minimum absolute atomic E-state index is 0.0436. The molecule has 1 aromatic rings. The Morgan fingerprint density at radius 1 is 1.26 bits per heavy atom. The van der Waals surface area contributed by atoms with E-state index in [1.165, 1.54) is 0 Å². The molecule has 4 nitrogen and oxygen atoms in total. The first-order valence-electron chi connectivity index (χ1n) is 5.93. The fourth-order valence-electron chi connectivity index (χ4n) is 2.24. The van der Waals surface area contributed by atoms with Gasteiger partial charge in [-0.1, -0.05) is 18.2 Å². The van der Waals surface area contributed by atoms with E-state index in [9.17, 15) is 0 Å². The van der Waals surface area contributed by atoms with Gasteiger partial charge in [-0.05, 0) is 19.1 Å². The number of para-hydroxylation sites is 1. The quantitative estimate of drug-likeness (QED) is 0.818. The molecule has 1 aliphatic heterocycles.